The monoisotopic (exact) mass is 313 g/mol. The average molecular weight is 314 g/mol. The second-order valence-corrected chi connectivity index (χ2v) is 4.53. The van der Waals surface area contributed by atoms with Gasteiger partial charge in [0.2, 0.25) is 0 Å². The number of ether oxygens (including phenoxy) is 1. The molecule has 0 unspecified atom stereocenters. The Morgan fingerprint density at radius 2 is 2.22 bits per heavy atom. The lowest BCUT2D eigenvalue weighted by Crippen LogP contribution is -2.05. The first-order chi connectivity index (χ1) is 8.58. The highest BCUT2D eigenvalue weighted by Gasteiger charge is 2.15. The highest BCUT2D eigenvalue weighted by Crippen LogP contribution is 2.31. The van der Waals surface area contributed by atoms with Crippen molar-refractivity contribution in [1.29, 1.82) is 0 Å². The van der Waals surface area contributed by atoms with Gasteiger partial charge < -0.3 is 15.0 Å². The molecular formula is C12H13BrFN3O. The molecule has 4 nitrogen and oxygen atoms in total. The van der Waals surface area contributed by atoms with Gasteiger partial charge in [0, 0.05) is 12.6 Å². The third-order valence-corrected chi connectivity index (χ3v) is 3.31. The molecule has 6 heteroatoms. The van der Waals surface area contributed by atoms with E-state index >= 15 is 0 Å². The summed E-state index contributed by atoms with van der Waals surface area (Å²) in [5, 5.41) is 0. The van der Waals surface area contributed by atoms with E-state index in [1.807, 2.05) is 11.6 Å². The second-order valence-electron chi connectivity index (χ2n) is 3.78. The van der Waals surface area contributed by atoms with Crippen LogP contribution in [0.5, 0.6) is 5.75 Å². The van der Waals surface area contributed by atoms with Crippen LogP contribution >= 0.6 is 15.9 Å². The molecule has 0 radical (unpaired) electrons. The molecule has 0 saturated carbocycles. The quantitative estimate of drug-likeness (QED) is 0.947. The molecule has 0 amide bonds. The summed E-state index contributed by atoms with van der Waals surface area (Å²) in [6.45, 7) is 0.327. The van der Waals surface area contributed by atoms with Crippen LogP contribution in [0.25, 0.3) is 11.3 Å². The molecular weight excluding hydrogens is 301 g/mol. The van der Waals surface area contributed by atoms with E-state index in [0.717, 1.165) is 17.1 Å². The normalized spacial score (nSPS) is 10.7. The summed E-state index contributed by atoms with van der Waals surface area (Å²) in [7, 11) is 3.28. The van der Waals surface area contributed by atoms with Crippen LogP contribution in [-0.4, -0.2) is 16.7 Å². The van der Waals surface area contributed by atoms with Crippen molar-refractivity contribution >= 4 is 15.9 Å². The second kappa shape index (κ2) is 5.07. The fourth-order valence-corrected chi connectivity index (χ4v) is 2.52. The number of rotatable bonds is 3. The number of methoxy groups -OCH3 is 1. The number of halogens is 2. The summed E-state index contributed by atoms with van der Waals surface area (Å²) in [4.78, 5) is 4.28. The smallest absolute Gasteiger partial charge is 0.165 e. The first-order valence-electron chi connectivity index (χ1n) is 5.33. The van der Waals surface area contributed by atoms with E-state index in [-0.39, 0.29) is 5.75 Å². The van der Waals surface area contributed by atoms with E-state index in [1.54, 1.807) is 12.1 Å². The van der Waals surface area contributed by atoms with Crippen LogP contribution in [0.2, 0.25) is 0 Å². The molecule has 96 valence electrons. The lowest BCUT2D eigenvalue weighted by molar-refractivity contribution is 0.386. The van der Waals surface area contributed by atoms with E-state index < -0.39 is 5.82 Å². The van der Waals surface area contributed by atoms with Gasteiger partial charge in [-0.25, -0.2) is 9.37 Å². The first kappa shape index (κ1) is 13.0. The summed E-state index contributed by atoms with van der Waals surface area (Å²) in [5.41, 5.74) is 7.09. The Bertz CT molecular complexity index is 583. The minimum Gasteiger partial charge on any atom is -0.494 e. The molecule has 2 N–H and O–H groups in total. The van der Waals surface area contributed by atoms with Crippen molar-refractivity contribution in [2.75, 3.05) is 7.11 Å². The van der Waals surface area contributed by atoms with Gasteiger partial charge >= 0.3 is 0 Å². The Labute approximate surface area is 113 Å². The van der Waals surface area contributed by atoms with E-state index in [9.17, 15) is 4.39 Å². The van der Waals surface area contributed by atoms with E-state index in [1.165, 1.54) is 13.2 Å². The van der Waals surface area contributed by atoms with Crippen LogP contribution in [0, 0.1) is 5.82 Å². The van der Waals surface area contributed by atoms with Gasteiger partial charge in [0.05, 0.1) is 19.3 Å². The van der Waals surface area contributed by atoms with Gasteiger partial charge in [-0.1, -0.05) is 0 Å². The lowest BCUT2D eigenvalue weighted by atomic mass is 10.1. The molecule has 0 bridgehead atoms. The van der Waals surface area contributed by atoms with Crippen LogP contribution in [0.1, 0.15) is 5.82 Å². The van der Waals surface area contributed by atoms with Crippen molar-refractivity contribution in [3.8, 4) is 17.0 Å². The van der Waals surface area contributed by atoms with Crippen molar-refractivity contribution in [2.45, 2.75) is 6.54 Å². The van der Waals surface area contributed by atoms with Crippen molar-refractivity contribution in [1.82, 2.24) is 9.55 Å². The molecule has 2 aromatic rings. The molecule has 1 heterocycles. The summed E-state index contributed by atoms with van der Waals surface area (Å²) >= 11 is 3.36. The Balaban J connectivity index is 2.55. The van der Waals surface area contributed by atoms with Crippen LogP contribution in [0.15, 0.2) is 22.8 Å². The topological polar surface area (TPSA) is 53.1 Å². The standard InChI is InChI=1S/C12H13BrFN3O/c1-17-10(6-15)16-12(13)11(17)7-3-4-9(18-2)8(14)5-7/h3-5H,6,15H2,1-2H3. The largest absolute Gasteiger partial charge is 0.494 e. The molecule has 0 spiro atoms. The highest BCUT2D eigenvalue weighted by molar-refractivity contribution is 9.10. The van der Waals surface area contributed by atoms with Gasteiger partial charge in [-0.05, 0) is 34.1 Å². The van der Waals surface area contributed by atoms with E-state index in [0.29, 0.717) is 11.1 Å². The molecule has 1 aromatic heterocycles. The van der Waals surface area contributed by atoms with Crippen molar-refractivity contribution in [3.63, 3.8) is 0 Å². The van der Waals surface area contributed by atoms with Crippen molar-refractivity contribution in [2.24, 2.45) is 12.8 Å². The van der Waals surface area contributed by atoms with Crippen LogP contribution in [0.4, 0.5) is 4.39 Å². The number of imidazole rings is 1. The number of hydrogen-bond donors (Lipinski definition) is 1. The number of nitrogens with zero attached hydrogens (tertiary/aromatic N) is 2. The summed E-state index contributed by atoms with van der Waals surface area (Å²) < 4.78 is 21.1. The minimum absolute atomic E-state index is 0.219. The van der Waals surface area contributed by atoms with Gasteiger partial charge in [-0.2, -0.15) is 0 Å². The molecule has 0 aliphatic heterocycles. The molecule has 0 aliphatic rings. The average Bonchev–Trinajstić information content (AvgIpc) is 2.64. The van der Waals surface area contributed by atoms with Gasteiger partial charge in [0.15, 0.2) is 11.6 Å². The molecule has 18 heavy (non-hydrogen) atoms. The molecule has 0 atom stereocenters. The third-order valence-electron chi connectivity index (χ3n) is 2.75. The SMILES string of the molecule is COc1ccc(-c2c(Br)nc(CN)n2C)cc1F. The van der Waals surface area contributed by atoms with Gasteiger partial charge in [0.1, 0.15) is 10.4 Å². The Morgan fingerprint density at radius 3 is 2.72 bits per heavy atom. The Kier molecular flexibility index (Phi) is 3.68. The summed E-state index contributed by atoms with van der Waals surface area (Å²) in [5.74, 6) is 0.543. The van der Waals surface area contributed by atoms with Gasteiger partial charge in [-0.3, -0.25) is 0 Å². The maximum Gasteiger partial charge on any atom is 0.165 e. The maximum absolute atomic E-state index is 13.7. The Morgan fingerprint density at radius 1 is 1.50 bits per heavy atom. The zero-order valence-corrected chi connectivity index (χ0v) is 11.7. The van der Waals surface area contributed by atoms with Gasteiger partial charge in [0.25, 0.3) is 0 Å². The number of benzene rings is 1. The van der Waals surface area contributed by atoms with Crippen LogP contribution in [0.3, 0.4) is 0 Å². The number of nitrogens with two attached hydrogens (primary N) is 1. The summed E-state index contributed by atoms with van der Waals surface area (Å²) in [6, 6.07) is 4.79. The number of hydrogen-bond acceptors (Lipinski definition) is 3. The van der Waals surface area contributed by atoms with Crippen LogP contribution in [-0.2, 0) is 13.6 Å². The first-order valence-corrected chi connectivity index (χ1v) is 6.12. The molecule has 2 rings (SSSR count). The highest BCUT2D eigenvalue weighted by atomic mass is 79.9. The van der Waals surface area contributed by atoms with Crippen molar-refractivity contribution < 1.29 is 9.13 Å². The third kappa shape index (κ3) is 2.13. The fourth-order valence-electron chi connectivity index (χ4n) is 1.82. The minimum atomic E-state index is -0.405. The zero-order valence-electron chi connectivity index (χ0n) is 10.1. The maximum atomic E-state index is 13.7. The van der Waals surface area contributed by atoms with Crippen LogP contribution < -0.4 is 10.5 Å². The van der Waals surface area contributed by atoms with Gasteiger partial charge in [-0.15, -0.1) is 0 Å². The molecule has 0 aliphatic carbocycles. The fraction of sp³-hybridized carbons (Fsp3) is 0.250. The molecule has 1 aromatic carbocycles. The molecule has 0 fully saturated rings. The predicted octanol–water partition coefficient (Wildman–Crippen LogP) is 2.46. The Hall–Kier alpha value is -1.40. The molecule has 0 saturated heterocycles. The van der Waals surface area contributed by atoms with E-state index in [4.69, 9.17) is 10.5 Å². The predicted molar refractivity (Wildman–Crippen MR) is 70.7 cm³/mol. The summed E-state index contributed by atoms with van der Waals surface area (Å²) in [6.07, 6.45) is 0. The zero-order chi connectivity index (χ0) is 13.3. The van der Waals surface area contributed by atoms with Crippen molar-refractivity contribution in [3.05, 3.63) is 34.4 Å². The number of aromatic nitrogens is 2. The lowest BCUT2D eigenvalue weighted by Gasteiger charge is -2.07. The van der Waals surface area contributed by atoms with E-state index in [2.05, 4.69) is 20.9 Å².